The third-order valence-corrected chi connectivity index (χ3v) is 3.79. The van der Waals surface area contributed by atoms with E-state index < -0.39 is 0 Å². The normalized spacial score (nSPS) is 19.9. The Morgan fingerprint density at radius 1 is 1.59 bits per heavy atom. The number of halogens is 1. The van der Waals surface area contributed by atoms with E-state index in [-0.39, 0.29) is 6.04 Å². The van der Waals surface area contributed by atoms with Crippen LogP contribution in [0.3, 0.4) is 0 Å². The van der Waals surface area contributed by atoms with Crippen molar-refractivity contribution in [1.29, 1.82) is 0 Å². The molecule has 0 aliphatic carbocycles. The number of hydrogen-bond acceptors (Lipinski definition) is 3. The van der Waals surface area contributed by atoms with E-state index in [9.17, 15) is 4.79 Å². The number of imidazole rings is 1. The molecule has 3 heterocycles. The van der Waals surface area contributed by atoms with Crippen molar-refractivity contribution in [3.05, 3.63) is 34.3 Å². The van der Waals surface area contributed by atoms with Crippen LogP contribution in [-0.2, 0) is 0 Å². The first-order valence-corrected chi connectivity index (χ1v) is 6.45. The predicted octanol–water partition coefficient (Wildman–Crippen LogP) is 2.33. The van der Waals surface area contributed by atoms with Gasteiger partial charge in [-0.1, -0.05) is 0 Å². The van der Waals surface area contributed by atoms with Gasteiger partial charge in [-0.3, -0.25) is 4.79 Å². The van der Waals surface area contributed by atoms with Gasteiger partial charge < -0.3 is 9.72 Å². The summed E-state index contributed by atoms with van der Waals surface area (Å²) in [5.74, 6) is 0.931. The highest BCUT2D eigenvalue weighted by molar-refractivity contribution is 9.10. The van der Waals surface area contributed by atoms with Crippen molar-refractivity contribution in [2.24, 2.45) is 0 Å². The van der Waals surface area contributed by atoms with Crippen molar-refractivity contribution >= 4 is 27.7 Å². The fourth-order valence-corrected chi connectivity index (χ4v) is 2.93. The zero-order valence-electron chi connectivity index (χ0n) is 9.19. The van der Waals surface area contributed by atoms with E-state index in [0.29, 0.717) is 5.69 Å². The minimum atomic E-state index is 0.255. The summed E-state index contributed by atoms with van der Waals surface area (Å²) in [6.45, 7) is 1.02. The average molecular weight is 294 g/mol. The number of hydrogen-bond donors (Lipinski definition) is 1. The van der Waals surface area contributed by atoms with Crippen molar-refractivity contribution in [3.63, 3.8) is 0 Å². The minimum Gasteiger partial charge on any atom is -0.307 e. The van der Waals surface area contributed by atoms with E-state index in [4.69, 9.17) is 0 Å². The first-order valence-electron chi connectivity index (χ1n) is 5.66. The summed E-state index contributed by atoms with van der Waals surface area (Å²) >= 11 is 3.47. The molecule has 1 unspecified atom stereocenters. The van der Waals surface area contributed by atoms with E-state index in [0.717, 1.165) is 41.5 Å². The van der Waals surface area contributed by atoms with Gasteiger partial charge in [0, 0.05) is 10.7 Å². The Hall–Kier alpha value is -1.20. The number of rotatable bonds is 2. The number of carbonyl (C=O) groups is 1. The molecule has 0 bridgehead atoms. The first-order chi connectivity index (χ1) is 8.31. The predicted molar refractivity (Wildman–Crippen MR) is 68.3 cm³/mol. The molecule has 0 spiro atoms. The third-order valence-electron chi connectivity index (χ3n) is 3.15. The zero-order valence-corrected chi connectivity index (χ0v) is 10.8. The van der Waals surface area contributed by atoms with Crippen LogP contribution in [0.25, 0.3) is 5.52 Å². The van der Waals surface area contributed by atoms with Gasteiger partial charge in [0.2, 0.25) is 0 Å². The lowest BCUT2D eigenvalue weighted by atomic mass is 10.2. The molecular weight excluding hydrogens is 282 g/mol. The molecule has 1 fully saturated rings. The molecule has 2 aromatic rings. The molecule has 0 amide bonds. The van der Waals surface area contributed by atoms with Crippen molar-refractivity contribution in [1.82, 2.24) is 14.7 Å². The zero-order chi connectivity index (χ0) is 11.8. The lowest BCUT2D eigenvalue weighted by molar-refractivity contribution is 0.112. The van der Waals surface area contributed by atoms with Gasteiger partial charge in [0.15, 0.2) is 6.29 Å². The molecule has 1 saturated heterocycles. The Morgan fingerprint density at radius 3 is 3.18 bits per heavy atom. The lowest BCUT2D eigenvalue weighted by Gasteiger charge is -2.08. The molecule has 1 aliphatic rings. The smallest absolute Gasteiger partial charge is 0.170 e. The van der Waals surface area contributed by atoms with Crippen LogP contribution in [0.2, 0.25) is 0 Å². The molecule has 17 heavy (non-hydrogen) atoms. The maximum absolute atomic E-state index is 11.1. The fourth-order valence-electron chi connectivity index (χ4n) is 2.38. The molecule has 1 N–H and O–H groups in total. The Bertz CT molecular complexity index is 572. The minimum absolute atomic E-state index is 0.255. The van der Waals surface area contributed by atoms with Crippen LogP contribution in [-0.4, -0.2) is 22.2 Å². The van der Waals surface area contributed by atoms with Gasteiger partial charge in [-0.2, -0.15) is 0 Å². The second kappa shape index (κ2) is 4.23. The lowest BCUT2D eigenvalue weighted by Crippen LogP contribution is -2.15. The van der Waals surface area contributed by atoms with Crippen LogP contribution in [0, 0.1) is 0 Å². The van der Waals surface area contributed by atoms with Crippen LogP contribution < -0.4 is 5.32 Å². The summed E-state index contributed by atoms with van der Waals surface area (Å²) in [5.41, 5.74) is 1.35. The third kappa shape index (κ3) is 1.70. The molecule has 3 rings (SSSR count). The molecule has 4 nitrogen and oxygen atoms in total. The van der Waals surface area contributed by atoms with Gasteiger partial charge in [0.25, 0.3) is 0 Å². The van der Waals surface area contributed by atoms with Crippen LogP contribution in [0.1, 0.15) is 35.2 Å². The van der Waals surface area contributed by atoms with Crippen molar-refractivity contribution < 1.29 is 4.79 Å². The second-order valence-electron chi connectivity index (χ2n) is 4.20. The maximum Gasteiger partial charge on any atom is 0.170 e. The highest BCUT2D eigenvalue weighted by atomic mass is 79.9. The van der Waals surface area contributed by atoms with Gasteiger partial charge in [-0.15, -0.1) is 0 Å². The summed E-state index contributed by atoms with van der Waals surface area (Å²) in [4.78, 5) is 15.5. The van der Waals surface area contributed by atoms with E-state index in [1.807, 2.05) is 22.7 Å². The number of nitrogens with zero attached hydrogens (tertiary/aromatic N) is 2. The van der Waals surface area contributed by atoms with E-state index in [2.05, 4.69) is 26.2 Å². The number of aldehydes is 1. The van der Waals surface area contributed by atoms with Crippen molar-refractivity contribution in [2.45, 2.75) is 18.9 Å². The Labute approximate surface area is 107 Å². The molecule has 0 aromatic carbocycles. The maximum atomic E-state index is 11.1. The van der Waals surface area contributed by atoms with Gasteiger partial charge in [0.1, 0.15) is 11.5 Å². The van der Waals surface area contributed by atoms with E-state index >= 15 is 0 Å². The van der Waals surface area contributed by atoms with Gasteiger partial charge in [-0.05, 0) is 47.4 Å². The summed E-state index contributed by atoms with van der Waals surface area (Å²) < 4.78 is 2.90. The largest absolute Gasteiger partial charge is 0.307 e. The molecule has 0 saturated carbocycles. The highest BCUT2D eigenvalue weighted by Gasteiger charge is 2.23. The van der Waals surface area contributed by atoms with Crippen LogP contribution in [0.5, 0.6) is 0 Å². The average Bonchev–Trinajstić information content (AvgIpc) is 2.95. The topological polar surface area (TPSA) is 46.4 Å². The molecular formula is C12H12BrN3O. The van der Waals surface area contributed by atoms with Gasteiger partial charge in [0.05, 0.1) is 11.6 Å². The van der Waals surface area contributed by atoms with Crippen LogP contribution in [0.15, 0.2) is 22.8 Å². The SMILES string of the molecule is O=Cc1nc(C2CCCN2)n2cccc(Br)c12. The summed E-state index contributed by atoms with van der Waals surface area (Å²) in [6, 6.07) is 4.13. The Kier molecular flexibility index (Phi) is 2.72. The molecule has 2 aromatic heterocycles. The Balaban J connectivity index is 2.25. The molecule has 88 valence electrons. The quantitative estimate of drug-likeness (QED) is 0.865. The van der Waals surface area contributed by atoms with Gasteiger partial charge in [-0.25, -0.2) is 4.98 Å². The first kappa shape index (κ1) is 10.9. The number of carbonyl (C=O) groups excluding carboxylic acids is 1. The number of nitrogens with one attached hydrogen (secondary N) is 1. The summed E-state index contributed by atoms with van der Waals surface area (Å²) in [5, 5.41) is 3.41. The van der Waals surface area contributed by atoms with Crippen molar-refractivity contribution in [3.8, 4) is 0 Å². The van der Waals surface area contributed by atoms with Crippen molar-refractivity contribution in [2.75, 3.05) is 6.54 Å². The van der Waals surface area contributed by atoms with Gasteiger partial charge >= 0.3 is 0 Å². The van der Waals surface area contributed by atoms with Crippen LogP contribution in [0.4, 0.5) is 0 Å². The molecule has 0 radical (unpaired) electrons. The molecule has 1 atom stereocenters. The highest BCUT2D eigenvalue weighted by Crippen LogP contribution is 2.28. The van der Waals surface area contributed by atoms with E-state index in [1.54, 1.807) is 0 Å². The number of fused-ring (bicyclic) bond motifs is 1. The standard InChI is InChI=1S/C12H12BrN3O/c13-8-3-2-6-16-11(8)10(7-17)15-12(16)9-4-1-5-14-9/h2-3,6-7,9,14H,1,4-5H2. The number of pyridine rings is 1. The second-order valence-corrected chi connectivity index (χ2v) is 5.05. The Morgan fingerprint density at radius 2 is 2.47 bits per heavy atom. The summed E-state index contributed by atoms with van der Waals surface area (Å²) in [6.07, 6.45) is 5.00. The molecule has 5 heteroatoms. The van der Waals surface area contributed by atoms with E-state index in [1.165, 1.54) is 0 Å². The van der Waals surface area contributed by atoms with Crippen LogP contribution >= 0.6 is 15.9 Å². The molecule has 1 aliphatic heterocycles. The fraction of sp³-hybridized carbons (Fsp3) is 0.333. The number of aromatic nitrogens is 2. The summed E-state index contributed by atoms with van der Waals surface area (Å²) in [7, 11) is 0. The monoisotopic (exact) mass is 293 g/mol.